The van der Waals surface area contributed by atoms with Crippen LogP contribution in [0.2, 0.25) is 5.02 Å². The molecule has 5 heteroatoms. The molecule has 0 fully saturated rings. The van der Waals surface area contributed by atoms with Gasteiger partial charge in [0.25, 0.3) is 5.91 Å². The average Bonchev–Trinajstić information content (AvgIpc) is 2.91. The number of rotatable bonds is 4. The van der Waals surface area contributed by atoms with Crippen LogP contribution in [0.25, 0.3) is 0 Å². The van der Waals surface area contributed by atoms with Crippen molar-refractivity contribution in [3.63, 3.8) is 0 Å². The first-order chi connectivity index (χ1) is 9.13. The van der Waals surface area contributed by atoms with Crippen LogP contribution in [0.3, 0.4) is 0 Å². The molecule has 2 rings (SSSR count). The smallest absolute Gasteiger partial charge is 0.256 e. The molecule has 1 aromatic heterocycles. The van der Waals surface area contributed by atoms with Gasteiger partial charge in [0.05, 0.1) is 22.8 Å². The zero-order valence-electron chi connectivity index (χ0n) is 10.6. The van der Waals surface area contributed by atoms with Crippen molar-refractivity contribution < 1.29 is 4.79 Å². The molecular weight excluding hydrogens is 280 g/mol. The lowest BCUT2D eigenvalue weighted by atomic mass is 10.1. The maximum absolute atomic E-state index is 12.5. The molecule has 2 N–H and O–H groups in total. The number of halogens is 1. The van der Waals surface area contributed by atoms with Gasteiger partial charge in [0.1, 0.15) is 0 Å². The Bertz CT molecular complexity index is 569. The topological polar surface area (TPSA) is 46.3 Å². The lowest BCUT2D eigenvalue weighted by Crippen LogP contribution is -2.30. The van der Waals surface area contributed by atoms with Crippen molar-refractivity contribution in [1.82, 2.24) is 4.90 Å². The third kappa shape index (κ3) is 3.08. The van der Waals surface area contributed by atoms with Crippen LogP contribution < -0.4 is 5.73 Å². The lowest BCUT2D eigenvalue weighted by molar-refractivity contribution is 0.0755. The molecule has 0 aliphatic carbocycles. The van der Waals surface area contributed by atoms with E-state index < -0.39 is 0 Å². The summed E-state index contributed by atoms with van der Waals surface area (Å²) in [5.41, 5.74) is 6.68. The molecule has 1 amide bonds. The van der Waals surface area contributed by atoms with Crippen molar-refractivity contribution in [3.05, 3.63) is 51.2 Å². The SMILES string of the molecule is CCN(Cc1cccs1)C(=O)c1cccc(Cl)c1N. The number of hydrogen-bond donors (Lipinski definition) is 1. The molecule has 3 nitrogen and oxygen atoms in total. The molecule has 100 valence electrons. The zero-order chi connectivity index (χ0) is 13.8. The third-order valence-corrected chi connectivity index (χ3v) is 4.07. The van der Waals surface area contributed by atoms with Crippen LogP contribution in [-0.4, -0.2) is 17.4 Å². The van der Waals surface area contributed by atoms with Gasteiger partial charge in [-0.25, -0.2) is 0 Å². The minimum atomic E-state index is -0.0871. The van der Waals surface area contributed by atoms with Crippen molar-refractivity contribution in [2.75, 3.05) is 12.3 Å². The predicted molar refractivity (Wildman–Crippen MR) is 80.6 cm³/mol. The summed E-state index contributed by atoms with van der Waals surface area (Å²) in [7, 11) is 0. The van der Waals surface area contributed by atoms with E-state index in [1.165, 1.54) is 0 Å². The van der Waals surface area contributed by atoms with Crippen LogP contribution in [0, 0.1) is 0 Å². The molecule has 0 spiro atoms. The normalized spacial score (nSPS) is 10.4. The maximum Gasteiger partial charge on any atom is 0.256 e. The van der Waals surface area contributed by atoms with Crippen LogP contribution in [0.5, 0.6) is 0 Å². The zero-order valence-corrected chi connectivity index (χ0v) is 12.2. The van der Waals surface area contributed by atoms with E-state index in [0.29, 0.717) is 29.4 Å². The Balaban J connectivity index is 2.23. The number of carbonyl (C=O) groups is 1. The van der Waals surface area contributed by atoms with E-state index in [-0.39, 0.29) is 5.91 Å². The van der Waals surface area contributed by atoms with Crippen LogP contribution in [0.15, 0.2) is 35.7 Å². The monoisotopic (exact) mass is 294 g/mol. The fourth-order valence-corrected chi connectivity index (χ4v) is 2.71. The molecule has 0 bridgehead atoms. The summed E-state index contributed by atoms with van der Waals surface area (Å²) in [6, 6.07) is 9.13. The number of anilines is 1. The minimum absolute atomic E-state index is 0.0871. The van der Waals surface area contributed by atoms with E-state index in [1.807, 2.05) is 24.4 Å². The van der Waals surface area contributed by atoms with Gasteiger partial charge in [-0.05, 0) is 30.5 Å². The molecule has 0 unspecified atom stereocenters. The molecular formula is C14H15ClN2OS. The first kappa shape index (κ1) is 13.9. The van der Waals surface area contributed by atoms with Gasteiger partial charge in [-0.2, -0.15) is 0 Å². The summed E-state index contributed by atoms with van der Waals surface area (Å²) in [6.45, 7) is 3.17. The highest BCUT2D eigenvalue weighted by Gasteiger charge is 2.18. The fourth-order valence-electron chi connectivity index (χ4n) is 1.81. The van der Waals surface area contributed by atoms with E-state index in [0.717, 1.165) is 4.88 Å². The van der Waals surface area contributed by atoms with Crippen molar-refractivity contribution in [1.29, 1.82) is 0 Å². The van der Waals surface area contributed by atoms with E-state index in [1.54, 1.807) is 34.4 Å². The largest absolute Gasteiger partial charge is 0.397 e. The van der Waals surface area contributed by atoms with Crippen molar-refractivity contribution in [2.45, 2.75) is 13.5 Å². The second-order valence-corrected chi connectivity index (χ2v) is 5.54. The summed E-state index contributed by atoms with van der Waals surface area (Å²) in [5.74, 6) is -0.0871. The number of nitrogens with zero attached hydrogens (tertiary/aromatic N) is 1. The highest BCUT2D eigenvalue weighted by atomic mass is 35.5. The number of benzene rings is 1. The van der Waals surface area contributed by atoms with E-state index in [2.05, 4.69) is 0 Å². The van der Waals surface area contributed by atoms with Gasteiger partial charge in [0, 0.05) is 11.4 Å². The highest BCUT2D eigenvalue weighted by Crippen LogP contribution is 2.24. The number of para-hydroxylation sites is 1. The Morgan fingerprint density at radius 3 is 2.79 bits per heavy atom. The van der Waals surface area contributed by atoms with Crippen molar-refractivity contribution in [2.24, 2.45) is 0 Å². The number of carbonyl (C=O) groups excluding carboxylic acids is 1. The van der Waals surface area contributed by atoms with E-state index in [4.69, 9.17) is 17.3 Å². The number of nitrogen functional groups attached to an aromatic ring is 1. The van der Waals surface area contributed by atoms with Gasteiger partial charge >= 0.3 is 0 Å². The molecule has 2 aromatic rings. The number of nitrogens with two attached hydrogens (primary N) is 1. The molecule has 0 atom stereocenters. The highest BCUT2D eigenvalue weighted by molar-refractivity contribution is 7.09. The molecule has 0 aliphatic rings. The number of amides is 1. The first-order valence-corrected chi connectivity index (χ1v) is 7.25. The second kappa shape index (κ2) is 6.08. The van der Waals surface area contributed by atoms with Crippen molar-refractivity contribution in [3.8, 4) is 0 Å². The van der Waals surface area contributed by atoms with Gasteiger partial charge in [-0.1, -0.05) is 23.7 Å². The summed E-state index contributed by atoms with van der Waals surface area (Å²) in [5, 5.41) is 2.42. The number of hydrogen-bond acceptors (Lipinski definition) is 3. The molecule has 0 aliphatic heterocycles. The Hall–Kier alpha value is -1.52. The van der Waals surface area contributed by atoms with Crippen molar-refractivity contribution >= 4 is 34.5 Å². The second-order valence-electron chi connectivity index (χ2n) is 4.10. The number of thiophene rings is 1. The van der Waals surface area contributed by atoms with E-state index in [9.17, 15) is 4.79 Å². The first-order valence-electron chi connectivity index (χ1n) is 5.99. The van der Waals surface area contributed by atoms with E-state index >= 15 is 0 Å². The molecule has 1 aromatic carbocycles. The van der Waals surface area contributed by atoms with Crippen LogP contribution >= 0.6 is 22.9 Å². The quantitative estimate of drug-likeness (QED) is 0.875. The molecule has 0 saturated carbocycles. The Kier molecular flexibility index (Phi) is 4.45. The standard InChI is InChI=1S/C14H15ClN2OS/c1-2-17(9-10-5-4-8-19-10)14(18)11-6-3-7-12(15)13(11)16/h3-8H,2,9,16H2,1H3. The molecule has 1 heterocycles. The Morgan fingerprint density at radius 2 is 2.16 bits per heavy atom. The lowest BCUT2D eigenvalue weighted by Gasteiger charge is -2.21. The van der Waals surface area contributed by atoms with Gasteiger partial charge in [-0.15, -0.1) is 11.3 Å². The summed E-state index contributed by atoms with van der Waals surface area (Å²) in [4.78, 5) is 15.4. The van der Waals surface area contributed by atoms with Crippen LogP contribution in [0.1, 0.15) is 22.2 Å². The Morgan fingerprint density at radius 1 is 1.37 bits per heavy atom. The molecule has 0 radical (unpaired) electrons. The summed E-state index contributed by atoms with van der Waals surface area (Å²) < 4.78 is 0. The predicted octanol–water partition coefficient (Wildman–Crippen LogP) is 3.65. The molecule has 0 saturated heterocycles. The van der Waals surface area contributed by atoms with Gasteiger partial charge < -0.3 is 10.6 Å². The minimum Gasteiger partial charge on any atom is -0.397 e. The summed E-state index contributed by atoms with van der Waals surface area (Å²) >= 11 is 7.59. The third-order valence-electron chi connectivity index (χ3n) is 2.88. The van der Waals surface area contributed by atoms with Gasteiger partial charge in [-0.3, -0.25) is 4.79 Å². The van der Waals surface area contributed by atoms with Gasteiger partial charge in [0.2, 0.25) is 0 Å². The Labute approximate surface area is 121 Å². The summed E-state index contributed by atoms with van der Waals surface area (Å²) in [6.07, 6.45) is 0. The fraction of sp³-hybridized carbons (Fsp3) is 0.214. The van der Waals surface area contributed by atoms with Crippen LogP contribution in [0.4, 0.5) is 5.69 Å². The average molecular weight is 295 g/mol. The molecule has 19 heavy (non-hydrogen) atoms. The maximum atomic E-state index is 12.5. The van der Waals surface area contributed by atoms with Crippen LogP contribution in [-0.2, 0) is 6.54 Å². The van der Waals surface area contributed by atoms with Gasteiger partial charge in [0.15, 0.2) is 0 Å².